The molecule has 0 aromatic rings. The normalized spacial score (nSPS) is 28.0. The lowest BCUT2D eigenvalue weighted by Gasteiger charge is -1.76. The Labute approximate surface area is 94.5 Å². The van der Waals surface area contributed by atoms with Gasteiger partial charge in [0.2, 0.25) is 0 Å². The van der Waals surface area contributed by atoms with Gasteiger partial charge in [0.1, 0.15) is 0 Å². The summed E-state index contributed by atoms with van der Waals surface area (Å²) >= 11 is 0. The van der Waals surface area contributed by atoms with Crippen LogP contribution in [0.2, 0.25) is 0 Å². The van der Waals surface area contributed by atoms with Crippen molar-refractivity contribution in [3.05, 3.63) is 73.2 Å². The van der Waals surface area contributed by atoms with Crippen LogP contribution >= 0.6 is 0 Å². The molecule has 0 atom stereocenters. The minimum absolute atomic E-state index is 1.54. The molecule has 0 amide bonds. The number of hydrogen-bond acceptors (Lipinski definition) is 4. The fourth-order valence-electron chi connectivity index (χ4n) is 0.795. The lowest BCUT2D eigenvalue weighted by atomic mass is 10.3. The third-order valence-electron chi connectivity index (χ3n) is 1.45. The predicted octanol–water partition coefficient (Wildman–Crippen LogP) is 4.07. The zero-order chi connectivity index (χ0) is 11.3. The molecule has 0 N–H and O–H groups in total. The Bertz CT molecular complexity index is 255. The molecule has 1 rings (SSSR count). The highest BCUT2D eigenvalue weighted by molar-refractivity contribution is 5.19. The van der Waals surface area contributed by atoms with Gasteiger partial charge in [-0.25, -0.2) is 0 Å². The Balaban J connectivity index is 2.67. The van der Waals surface area contributed by atoms with Gasteiger partial charge >= 0.3 is 0 Å². The minimum atomic E-state index is 1.54. The van der Waals surface area contributed by atoms with Crippen molar-refractivity contribution in [1.82, 2.24) is 0 Å². The van der Waals surface area contributed by atoms with E-state index in [2.05, 4.69) is 20.7 Å². The summed E-state index contributed by atoms with van der Waals surface area (Å²) in [6, 6.07) is 0. The van der Waals surface area contributed by atoms with Crippen LogP contribution in [0.5, 0.6) is 0 Å². The Kier molecular flexibility index (Phi) is 6.74. The lowest BCUT2D eigenvalue weighted by Crippen LogP contribution is -1.54. The minimum Gasteiger partial charge on any atom is -0.137 e. The summed E-state index contributed by atoms with van der Waals surface area (Å²) < 4.78 is 0. The van der Waals surface area contributed by atoms with Gasteiger partial charge < -0.3 is 0 Å². The second kappa shape index (κ2) is 9.21. The summed E-state index contributed by atoms with van der Waals surface area (Å²) in [6.07, 6.45) is 21.8. The van der Waals surface area contributed by atoms with Gasteiger partial charge in [-0.2, -0.15) is 0 Å². The van der Waals surface area contributed by atoms with E-state index in [9.17, 15) is 0 Å². The molecule has 4 nitrogen and oxygen atoms in total. The van der Waals surface area contributed by atoms with Crippen molar-refractivity contribution in [1.29, 1.82) is 0 Å². The first-order chi connectivity index (χ1) is 8.00. The number of allylic oxidation sites excluding steroid dienone is 10. The summed E-state index contributed by atoms with van der Waals surface area (Å²) in [7, 11) is 0. The molecule has 0 bridgehead atoms. The molecule has 0 aromatic heterocycles. The van der Waals surface area contributed by atoms with Crippen molar-refractivity contribution in [3.8, 4) is 0 Å². The van der Waals surface area contributed by atoms with Crippen molar-refractivity contribution in [3.63, 3.8) is 0 Å². The molecule has 1 aliphatic heterocycles. The highest BCUT2D eigenvalue weighted by Crippen LogP contribution is 1.88. The van der Waals surface area contributed by atoms with Gasteiger partial charge in [0.25, 0.3) is 0 Å². The SMILES string of the molecule is C1=C\C=C\C=C\C=C/N=NN=N\C=C/C=C/1. The Morgan fingerprint density at radius 3 is 1.06 bits per heavy atom. The third-order valence-corrected chi connectivity index (χ3v) is 1.45. The van der Waals surface area contributed by atoms with Gasteiger partial charge in [-0.1, -0.05) is 48.6 Å². The zero-order valence-corrected chi connectivity index (χ0v) is 8.72. The van der Waals surface area contributed by atoms with Crippen LogP contribution in [0.4, 0.5) is 0 Å². The van der Waals surface area contributed by atoms with Crippen LogP contribution in [-0.2, 0) is 0 Å². The number of rotatable bonds is 0. The molecule has 16 heavy (non-hydrogen) atoms. The molecule has 0 aromatic carbocycles. The van der Waals surface area contributed by atoms with E-state index in [0.29, 0.717) is 0 Å². The summed E-state index contributed by atoms with van der Waals surface area (Å²) in [5.74, 6) is 0. The molecule has 0 radical (unpaired) electrons. The fraction of sp³-hybridized carbons (Fsp3) is 0. The van der Waals surface area contributed by atoms with Gasteiger partial charge in [-0.3, -0.25) is 0 Å². The Morgan fingerprint density at radius 2 is 0.688 bits per heavy atom. The maximum atomic E-state index is 3.64. The molecular weight excluding hydrogens is 200 g/mol. The molecule has 80 valence electrons. The molecule has 1 aliphatic rings. The van der Waals surface area contributed by atoms with Crippen molar-refractivity contribution in [2.75, 3.05) is 0 Å². The van der Waals surface area contributed by atoms with Gasteiger partial charge in [0, 0.05) is 0 Å². The summed E-state index contributed by atoms with van der Waals surface area (Å²) in [6.45, 7) is 0. The van der Waals surface area contributed by atoms with E-state index in [-0.39, 0.29) is 0 Å². The topological polar surface area (TPSA) is 49.4 Å². The highest BCUT2D eigenvalue weighted by atomic mass is 15.4. The van der Waals surface area contributed by atoms with Crippen molar-refractivity contribution in [2.24, 2.45) is 20.7 Å². The quantitative estimate of drug-likeness (QED) is 0.581. The average molecular weight is 212 g/mol. The van der Waals surface area contributed by atoms with E-state index in [4.69, 9.17) is 0 Å². The second-order valence-electron chi connectivity index (χ2n) is 2.63. The zero-order valence-electron chi connectivity index (χ0n) is 8.72. The van der Waals surface area contributed by atoms with Crippen molar-refractivity contribution >= 4 is 0 Å². The van der Waals surface area contributed by atoms with E-state index in [1.165, 1.54) is 12.4 Å². The lowest BCUT2D eigenvalue weighted by molar-refractivity contribution is 0.952. The Hall–Kier alpha value is -2.36. The summed E-state index contributed by atoms with van der Waals surface area (Å²) in [5.41, 5.74) is 0. The van der Waals surface area contributed by atoms with Crippen LogP contribution < -0.4 is 0 Å². The number of nitrogens with zero attached hydrogens (tertiary/aromatic N) is 4. The molecule has 0 unspecified atom stereocenters. The van der Waals surface area contributed by atoms with Crippen molar-refractivity contribution < 1.29 is 0 Å². The first-order valence-electron chi connectivity index (χ1n) is 4.78. The van der Waals surface area contributed by atoms with E-state index in [0.717, 1.165) is 0 Å². The van der Waals surface area contributed by atoms with Crippen molar-refractivity contribution in [2.45, 2.75) is 0 Å². The van der Waals surface area contributed by atoms with Crippen LogP contribution in [0.3, 0.4) is 0 Å². The molecular formula is C12H12N4. The number of hydrogen-bond donors (Lipinski definition) is 0. The second-order valence-corrected chi connectivity index (χ2v) is 2.63. The molecule has 0 spiro atoms. The first-order valence-corrected chi connectivity index (χ1v) is 4.78. The highest BCUT2D eigenvalue weighted by Gasteiger charge is 1.67. The molecule has 0 saturated carbocycles. The van der Waals surface area contributed by atoms with Crippen LogP contribution in [0.1, 0.15) is 0 Å². The molecule has 1 heterocycles. The molecule has 4 heteroatoms. The first kappa shape index (κ1) is 11.7. The van der Waals surface area contributed by atoms with Crippen LogP contribution in [0, 0.1) is 0 Å². The standard InChI is InChI=1S/C12H12N4/c1-2-4-6-8-10-12-14-16-15-13-11-9-7-5-3-1/h1-12H/b2-1?,3-1-,4-2+,5-3?,6-4?,7-5+,8-6+,9-7?,10-8?,11-9-,12-10-,13-11?,14-12?,15-13?,16-14?,16-15?. The fourth-order valence-corrected chi connectivity index (χ4v) is 0.795. The van der Waals surface area contributed by atoms with E-state index < -0.39 is 0 Å². The van der Waals surface area contributed by atoms with Crippen LogP contribution in [0.25, 0.3) is 0 Å². The maximum Gasteiger partial charge on any atom is 0.0514 e. The molecule has 0 saturated heterocycles. The smallest absolute Gasteiger partial charge is 0.0514 e. The summed E-state index contributed by atoms with van der Waals surface area (Å²) in [5, 5.41) is 14.2. The van der Waals surface area contributed by atoms with Gasteiger partial charge in [0.15, 0.2) is 0 Å². The van der Waals surface area contributed by atoms with E-state index in [1.807, 2.05) is 48.6 Å². The summed E-state index contributed by atoms with van der Waals surface area (Å²) in [4.78, 5) is 0. The van der Waals surface area contributed by atoms with E-state index in [1.54, 1.807) is 12.2 Å². The van der Waals surface area contributed by atoms with Gasteiger partial charge in [-0.15, -0.1) is 10.2 Å². The van der Waals surface area contributed by atoms with Gasteiger partial charge in [-0.05, 0) is 22.6 Å². The van der Waals surface area contributed by atoms with Gasteiger partial charge in [0.05, 0.1) is 12.4 Å². The average Bonchev–Trinajstić information content (AvgIpc) is 2.29. The largest absolute Gasteiger partial charge is 0.137 e. The van der Waals surface area contributed by atoms with Crippen LogP contribution in [-0.4, -0.2) is 0 Å². The maximum absolute atomic E-state index is 3.64. The van der Waals surface area contributed by atoms with Crippen LogP contribution in [0.15, 0.2) is 93.8 Å². The third kappa shape index (κ3) is 7.08. The molecule has 0 aliphatic carbocycles. The van der Waals surface area contributed by atoms with E-state index >= 15 is 0 Å². The Morgan fingerprint density at radius 1 is 0.375 bits per heavy atom. The predicted molar refractivity (Wildman–Crippen MR) is 64.6 cm³/mol. The molecule has 0 fully saturated rings. The monoisotopic (exact) mass is 212 g/mol.